The Kier molecular flexibility index (Phi) is 4.94. The Morgan fingerprint density at radius 1 is 1.38 bits per heavy atom. The first-order valence-corrected chi connectivity index (χ1v) is 7.77. The van der Waals surface area contributed by atoms with Crippen LogP contribution in [0.5, 0.6) is 5.75 Å². The Bertz CT molecular complexity index is 670. The average molecular weight is 310 g/mol. The van der Waals surface area contributed by atoms with Crippen LogP contribution in [0.25, 0.3) is 0 Å². The number of nitrogens with zero attached hydrogens (tertiary/aromatic N) is 2. The second kappa shape index (κ2) is 6.70. The van der Waals surface area contributed by atoms with E-state index in [-0.39, 0.29) is 13.1 Å². The zero-order valence-corrected chi connectivity index (χ0v) is 12.7. The summed E-state index contributed by atoms with van der Waals surface area (Å²) >= 11 is 0. The minimum absolute atomic E-state index is 0.196. The molecule has 0 aliphatic carbocycles. The van der Waals surface area contributed by atoms with Gasteiger partial charge in [0.25, 0.3) is 10.2 Å². The number of nitrogens with one attached hydrogen (secondary N) is 2. The van der Waals surface area contributed by atoms with E-state index in [1.165, 1.54) is 11.4 Å². The number of rotatable bonds is 7. The van der Waals surface area contributed by atoms with Crippen molar-refractivity contribution < 1.29 is 13.2 Å². The number of hydrogen-bond acceptors (Lipinski definition) is 4. The smallest absolute Gasteiger partial charge is 0.279 e. The molecule has 0 aliphatic rings. The van der Waals surface area contributed by atoms with Gasteiger partial charge in [-0.25, -0.2) is 0 Å². The van der Waals surface area contributed by atoms with Crippen LogP contribution in [-0.2, 0) is 23.3 Å². The highest BCUT2D eigenvalue weighted by atomic mass is 32.2. The Morgan fingerprint density at radius 3 is 2.86 bits per heavy atom. The maximum absolute atomic E-state index is 12.1. The Labute approximate surface area is 124 Å². The molecule has 0 radical (unpaired) electrons. The minimum Gasteiger partial charge on any atom is -0.497 e. The normalized spacial score (nSPS) is 11.8. The van der Waals surface area contributed by atoms with E-state index in [0.29, 0.717) is 5.75 Å². The molecule has 1 aromatic carbocycles. The van der Waals surface area contributed by atoms with E-state index in [2.05, 4.69) is 14.9 Å². The molecular weight excluding hydrogens is 292 g/mol. The van der Waals surface area contributed by atoms with Crippen molar-refractivity contribution in [3.63, 3.8) is 0 Å². The van der Waals surface area contributed by atoms with Crippen LogP contribution in [0, 0.1) is 0 Å². The van der Waals surface area contributed by atoms with Gasteiger partial charge in [-0.2, -0.15) is 22.5 Å². The number of aromatic nitrogens is 2. The zero-order chi connectivity index (χ0) is 15.3. The van der Waals surface area contributed by atoms with Gasteiger partial charge in [0.2, 0.25) is 0 Å². The molecule has 114 valence electrons. The number of aromatic amines is 1. The van der Waals surface area contributed by atoms with Gasteiger partial charge in [0, 0.05) is 31.9 Å². The third-order valence-corrected chi connectivity index (χ3v) is 4.42. The van der Waals surface area contributed by atoms with Gasteiger partial charge in [0.05, 0.1) is 13.3 Å². The molecule has 0 atom stereocenters. The fraction of sp³-hybridized carbons (Fsp3) is 0.308. The molecule has 2 aromatic rings. The molecule has 0 aliphatic heterocycles. The lowest BCUT2D eigenvalue weighted by atomic mass is 10.2. The standard InChI is InChI=1S/C13H18N4O3S/c1-17(10-11-4-3-5-13(6-11)20-2)21(18,19)16-9-12-7-14-15-8-12/h3-8,16H,9-10H2,1-2H3,(H,14,15). The quantitative estimate of drug-likeness (QED) is 0.795. The average Bonchev–Trinajstić information content (AvgIpc) is 2.99. The number of H-pyrrole nitrogens is 1. The van der Waals surface area contributed by atoms with Gasteiger partial charge < -0.3 is 4.74 Å². The van der Waals surface area contributed by atoms with Gasteiger partial charge in [-0.3, -0.25) is 5.10 Å². The summed E-state index contributed by atoms with van der Waals surface area (Å²) in [5.41, 5.74) is 1.62. The van der Waals surface area contributed by atoms with Crippen molar-refractivity contribution in [1.82, 2.24) is 19.2 Å². The molecule has 1 aromatic heterocycles. The van der Waals surface area contributed by atoms with Crippen LogP contribution in [0.2, 0.25) is 0 Å². The third-order valence-electron chi connectivity index (χ3n) is 2.96. The van der Waals surface area contributed by atoms with Crippen molar-refractivity contribution in [2.45, 2.75) is 13.1 Å². The summed E-state index contributed by atoms with van der Waals surface area (Å²) in [7, 11) is -0.453. The van der Waals surface area contributed by atoms with E-state index in [1.54, 1.807) is 19.5 Å². The van der Waals surface area contributed by atoms with Crippen LogP contribution in [0.15, 0.2) is 36.7 Å². The van der Waals surface area contributed by atoms with Gasteiger partial charge >= 0.3 is 0 Å². The van der Waals surface area contributed by atoms with E-state index in [9.17, 15) is 8.42 Å². The highest BCUT2D eigenvalue weighted by Gasteiger charge is 2.17. The Hall–Kier alpha value is -1.90. The van der Waals surface area contributed by atoms with Crippen LogP contribution in [-0.4, -0.2) is 37.1 Å². The molecule has 0 saturated heterocycles. The van der Waals surface area contributed by atoms with Crippen LogP contribution < -0.4 is 9.46 Å². The molecule has 7 nitrogen and oxygen atoms in total. The molecule has 2 N–H and O–H groups in total. The fourth-order valence-corrected chi connectivity index (χ4v) is 2.66. The van der Waals surface area contributed by atoms with Gasteiger partial charge in [0.1, 0.15) is 5.75 Å². The summed E-state index contributed by atoms with van der Waals surface area (Å²) in [5.74, 6) is 0.699. The van der Waals surface area contributed by atoms with E-state index in [4.69, 9.17) is 4.74 Å². The minimum atomic E-state index is -3.55. The molecule has 0 spiro atoms. The third kappa shape index (κ3) is 4.28. The second-order valence-corrected chi connectivity index (χ2v) is 6.40. The molecule has 2 rings (SSSR count). The Balaban J connectivity index is 1.98. The maximum Gasteiger partial charge on any atom is 0.279 e. The van der Waals surface area contributed by atoms with Crippen molar-refractivity contribution in [2.75, 3.05) is 14.2 Å². The zero-order valence-electron chi connectivity index (χ0n) is 11.9. The lowest BCUT2D eigenvalue weighted by Crippen LogP contribution is -2.37. The molecule has 0 bridgehead atoms. The second-order valence-electron chi connectivity index (χ2n) is 4.54. The molecule has 21 heavy (non-hydrogen) atoms. The van der Waals surface area contributed by atoms with Crippen molar-refractivity contribution in [3.8, 4) is 5.75 Å². The van der Waals surface area contributed by atoms with Gasteiger partial charge in [-0.1, -0.05) is 12.1 Å². The van der Waals surface area contributed by atoms with Crippen molar-refractivity contribution >= 4 is 10.2 Å². The highest BCUT2D eigenvalue weighted by Crippen LogP contribution is 2.14. The summed E-state index contributed by atoms with van der Waals surface area (Å²) < 4.78 is 33.2. The summed E-state index contributed by atoms with van der Waals surface area (Å²) in [5, 5.41) is 6.40. The first-order chi connectivity index (χ1) is 10.0. The highest BCUT2D eigenvalue weighted by molar-refractivity contribution is 7.87. The van der Waals surface area contributed by atoms with Crippen LogP contribution in [0.1, 0.15) is 11.1 Å². The summed E-state index contributed by atoms with van der Waals surface area (Å²) in [6.07, 6.45) is 3.22. The lowest BCUT2D eigenvalue weighted by Gasteiger charge is -2.17. The molecule has 0 amide bonds. The van der Waals surface area contributed by atoms with Gasteiger partial charge in [0.15, 0.2) is 0 Å². The SMILES string of the molecule is COc1cccc(CN(C)S(=O)(=O)NCc2cn[nH]c2)c1. The number of benzene rings is 1. The maximum atomic E-state index is 12.1. The molecule has 0 unspecified atom stereocenters. The van der Waals surface area contributed by atoms with Crippen LogP contribution >= 0.6 is 0 Å². The van der Waals surface area contributed by atoms with Gasteiger partial charge in [-0.05, 0) is 17.7 Å². The van der Waals surface area contributed by atoms with E-state index < -0.39 is 10.2 Å². The predicted octanol–water partition coefficient (Wildman–Crippen LogP) is 0.885. The van der Waals surface area contributed by atoms with Crippen molar-refractivity contribution in [2.24, 2.45) is 0 Å². The van der Waals surface area contributed by atoms with Crippen molar-refractivity contribution in [1.29, 1.82) is 0 Å². The first kappa shape index (κ1) is 15.5. The monoisotopic (exact) mass is 310 g/mol. The van der Waals surface area contributed by atoms with Crippen molar-refractivity contribution in [3.05, 3.63) is 47.8 Å². The topological polar surface area (TPSA) is 87.3 Å². The van der Waals surface area contributed by atoms with E-state index >= 15 is 0 Å². The van der Waals surface area contributed by atoms with Gasteiger partial charge in [-0.15, -0.1) is 0 Å². The first-order valence-electron chi connectivity index (χ1n) is 6.33. The molecular formula is C13H18N4O3S. The lowest BCUT2D eigenvalue weighted by molar-refractivity contribution is 0.412. The number of methoxy groups -OCH3 is 1. The Morgan fingerprint density at radius 2 is 2.19 bits per heavy atom. The molecule has 0 saturated carbocycles. The molecule has 0 fully saturated rings. The fourth-order valence-electron chi connectivity index (χ4n) is 1.77. The van der Waals surface area contributed by atoms with Crippen LogP contribution in [0.4, 0.5) is 0 Å². The summed E-state index contributed by atoms with van der Waals surface area (Å²) in [6, 6.07) is 7.30. The van der Waals surface area contributed by atoms with E-state index in [0.717, 1.165) is 11.1 Å². The molecule has 1 heterocycles. The predicted molar refractivity (Wildman–Crippen MR) is 78.8 cm³/mol. The van der Waals surface area contributed by atoms with E-state index in [1.807, 2.05) is 24.3 Å². The largest absolute Gasteiger partial charge is 0.497 e. The number of hydrogen-bond donors (Lipinski definition) is 2. The summed E-state index contributed by atoms with van der Waals surface area (Å²) in [4.78, 5) is 0. The number of ether oxygens (including phenoxy) is 1. The van der Waals surface area contributed by atoms with Crippen LogP contribution in [0.3, 0.4) is 0 Å². The summed E-state index contributed by atoms with van der Waals surface area (Å²) in [6.45, 7) is 0.458. The molecule has 8 heteroatoms.